The quantitative estimate of drug-likeness (QED) is 0.757. The standard InChI is InChI=1S/C16H21NO4/c1-12-8-9-13-14(11-12)21-16(20)17(13)10-6-4-2-3-5-7-15(18)19/h8-9,11H,2-7,10H2,1H3,(H,18,19). The zero-order valence-electron chi connectivity index (χ0n) is 12.3. The van der Waals surface area contributed by atoms with Gasteiger partial charge in [0.2, 0.25) is 0 Å². The van der Waals surface area contributed by atoms with Gasteiger partial charge in [-0.15, -0.1) is 0 Å². The molecule has 0 radical (unpaired) electrons. The number of aliphatic carboxylic acids is 1. The van der Waals surface area contributed by atoms with Gasteiger partial charge in [0.1, 0.15) is 0 Å². The first-order valence-corrected chi connectivity index (χ1v) is 7.40. The molecule has 5 heteroatoms. The van der Waals surface area contributed by atoms with Gasteiger partial charge < -0.3 is 9.52 Å². The number of hydrogen-bond donors (Lipinski definition) is 1. The van der Waals surface area contributed by atoms with E-state index in [0.717, 1.165) is 43.2 Å². The van der Waals surface area contributed by atoms with Crippen molar-refractivity contribution in [1.29, 1.82) is 0 Å². The summed E-state index contributed by atoms with van der Waals surface area (Å²) in [6.07, 6.45) is 4.78. The maximum absolute atomic E-state index is 11.8. The molecule has 2 rings (SSSR count). The monoisotopic (exact) mass is 291 g/mol. The summed E-state index contributed by atoms with van der Waals surface area (Å²) < 4.78 is 6.92. The Labute approximate surface area is 123 Å². The van der Waals surface area contributed by atoms with Crippen LogP contribution < -0.4 is 5.76 Å². The number of rotatable bonds is 8. The van der Waals surface area contributed by atoms with Crippen molar-refractivity contribution in [2.24, 2.45) is 0 Å². The topological polar surface area (TPSA) is 72.4 Å². The van der Waals surface area contributed by atoms with Crippen molar-refractivity contribution in [3.63, 3.8) is 0 Å². The van der Waals surface area contributed by atoms with E-state index < -0.39 is 5.97 Å². The Morgan fingerprint density at radius 3 is 2.67 bits per heavy atom. The highest BCUT2D eigenvalue weighted by Gasteiger charge is 2.08. The fourth-order valence-corrected chi connectivity index (χ4v) is 2.46. The van der Waals surface area contributed by atoms with Crippen molar-refractivity contribution < 1.29 is 14.3 Å². The zero-order chi connectivity index (χ0) is 15.2. The zero-order valence-corrected chi connectivity index (χ0v) is 12.3. The molecule has 1 heterocycles. The highest BCUT2D eigenvalue weighted by molar-refractivity contribution is 5.73. The SMILES string of the molecule is Cc1ccc2c(c1)oc(=O)n2CCCCCCCC(=O)O. The lowest BCUT2D eigenvalue weighted by Crippen LogP contribution is -2.14. The number of carboxylic acid groups (broad SMARTS) is 1. The average Bonchev–Trinajstić information content (AvgIpc) is 2.72. The summed E-state index contributed by atoms with van der Waals surface area (Å²) >= 11 is 0. The van der Waals surface area contributed by atoms with Gasteiger partial charge in [0.05, 0.1) is 5.52 Å². The van der Waals surface area contributed by atoms with E-state index >= 15 is 0 Å². The van der Waals surface area contributed by atoms with Gasteiger partial charge in [0.15, 0.2) is 5.58 Å². The summed E-state index contributed by atoms with van der Waals surface area (Å²) in [4.78, 5) is 22.2. The van der Waals surface area contributed by atoms with E-state index in [1.165, 1.54) is 0 Å². The predicted molar refractivity (Wildman–Crippen MR) is 80.5 cm³/mol. The molecule has 0 saturated carbocycles. The second-order valence-corrected chi connectivity index (χ2v) is 5.40. The summed E-state index contributed by atoms with van der Waals surface area (Å²) in [5, 5.41) is 8.54. The first-order chi connectivity index (χ1) is 10.1. The number of aromatic nitrogens is 1. The Bertz CT molecular complexity index is 668. The van der Waals surface area contributed by atoms with Crippen molar-refractivity contribution in [3.8, 4) is 0 Å². The number of fused-ring (bicyclic) bond motifs is 1. The van der Waals surface area contributed by atoms with Gasteiger partial charge in [-0.2, -0.15) is 0 Å². The molecule has 1 aromatic carbocycles. The van der Waals surface area contributed by atoms with Gasteiger partial charge in [-0.3, -0.25) is 9.36 Å². The second-order valence-electron chi connectivity index (χ2n) is 5.40. The van der Waals surface area contributed by atoms with E-state index in [4.69, 9.17) is 9.52 Å². The van der Waals surface area contributed by atoms with E-state index in [1.807, 2.05) is 25.1 Å². The van der Waals surface area contributed by atoms with Crippen LogP contribution in [-0.2, 0) is 11.3 Å². The summed E-state index contributed by atoms with van der Waals surface area (Å²) in [6.45, 7) is 2.61. The van der Waals surface area contributed by atoms with Crippen molar-refractivity contribution in [1.82, 2.24) is 4.57 Å². The minimum Gasteiger partial charge on any atom is -0.481 e. The van der Waals surface area contributed by atoms with Gasteiger partial charge in [-0.05, 0) is 37.5 Å². The molecule has 114 valence electrons. The Hall–Kier alpha value is -2.04. The molecule has 5 nitrogen and oxygen atoms in total. The number of hydrogen-bond acceptors (Lipinski definition) is 3. The van der Waals surface area contributed by atoms with Crippen LogP contribution in [0.3, 0.4) is 0 Å². The molecule has 1 N–H and O–H groups in total. The molecule has 1 aromatic heterocycles. The minimum atomic E-state index is -0.735. The lowest BCUT2D eigenvalue weighted by Gasteiger charge is -2.03. The molecule has 0 aliphatic carbocycles. The fraction of sp³-hybridized carbons (Fsp3) is 0.500. The van der Waals surface area contributed by atoms with Crippen LogP contribution >= 0.6 is 0 Å². The summed E-state index contributed by atoms with van der Waals surface area (Å²) in [5.74, 6) is -1.04. The van der Waals surface area contributed by atoms with Gasteiger partial charge >= 0.3 is 11.7 Å². The number of unbranched alkanes of at least 4 members (excludes halogenated alkanes) is 4. The van der Waals surface area contributed by atoms with E-state index in [9.17, 15) is 9.59 Å². The highest BCUT2D eigenvalue weighted by atomic mass is 16.4. The van der Waals surface area contributed by atoms with E-state index in [0.29, 0.717) is 12.1 Å². The van der Waals surface area contributed by atoms with Crippen LogP contribution in [0.4, 0.5) is 0 Å². The van der Waals surface area contributed by atoms with Crippen molar-refractivity contribution in [2.75, 3.05) is 0 Å². The number of carbonyl (C=O) groups is 1. The lowest BCUT2D eigenvalue weighted by atomic mass is 10.1. The maximum atomic E-state index is 11.8. The summed E-state index contributed by atoms with van der Waals surface area (Å²) in [6, 6.07) is 5.77. The number of carboxylic acids is 1. The van der Waals surface area contributed by atoms with Gasteiger partial charge in [0.25, 0.3) is 0 Å². The molecule has 0 fully saturated rings. The van der Waals surface area contributed by atoms with Crippen molar-refractivity contribution in [2.45, 2.75) is 52.0 Å². The molecule has 21 heavy (non-hydrogen) atoms. The number of benzene rings is 1. The molecule has 0 atom stereocenters. The molecular formula is C16H21NO4. The third kappa shape index (κ3) is 4.21. The Balaban J connectivity index is 1.82. The Morgan fingerprint density at radius 2 is 1.90 bits per heavy atom. The first kappa shape index (κ1) is 15.4. The van der Waals surface area contributed by atoms with Crippen LogP contribution in [0.2, 0.25) is 0 Å². The molecule has 0 aliphatic rings. The van der Waals surface area contributed by atoms with Crippen molar-refractivity contribution >= 4 is 17.1 Å². The van der Waals surface area contributed by atoms with E-state index in [2.05, 4.69) is 0 Å². The predicted octanol–water partition coefficient (Wildman–Crippen LogP) is 3.33. The van der Waals surface area contributed by atoms with Gasteiger partial charge in [-0.1, -0.05) is 25.3 Å². The van der Waals surface area contributed by atoms with Gasteiger partial charge in [-0.25, -0.2) is 4.79 Å². The van der Waals surface area contributed by atoms with Crippen LogP contribution in [-0.4, -0.2) is 15.6 Å². The molecule has 0 bridgehead atoms. The van der Waals surface area contributed by atoms with Gasteiger partial charge in [0, 0.05) is 13.0 Å². The molecule has 0 unspecified atom stereocenters. The van der Waals surface area contributed by atoms with Crippen LogP contribution in [0.15, 0.2) is 27.4 Å². The Morgan fingerprint density at radius 1 is 1.19 bits per heavy atom. The third-order valence-electron chi connectivity index (χ3n) is 3.60. The van der Waals surface area contributed by atoms with E-state index in [-0.39, 0.29) is 12.2 Å². The lowest BCUT2D eigenvalue weighted by molar-refractivity contribution is -0.137. The molecular weight excluding hydrogens is 270 g/mol. The third-order valence-corrected chi connectivity index (χ3v) is 3.60. The highest BCUT2D eigenvalue weighted by Crippen LogP contribution is 2.15. The normalized spacial score (nSPS) is 11.1. The van der Waals surface area contributed by atoms with E-state index in [1.54, 1.807) is 4.57 Å². The average molecular weight is 291 g/mol. The summed E-state index contributed by atoms with van der Waals surface area (Å²) in [7, 11) is 0. The smallest absolute Gasteiger partial charge is 0.419 e. The van der Waals surface area contributed by atoms with Crippen LogP contribution in [0.25, 0.3) is 11.1 Å². The first-order valence-electron chi connectivity index (χ1n) is 7.40. The molecule has 0 spiro atoms. The van der Waals surface area contributed by atoms with Crippen molar-refractivity contribution in [3.05, 3.63) is 34.3 Å². The molecule has 0 saturated heterocycles. The number of oxazole rings is 1. The van der Waals surface area contributed by atoms with Crippen LogP contribution in [0, 0.1) is 6.92 Å². The molecule has 0 aliphatic heterocycles. The number of nitrogens with zero attached hydrogens (tertiary/aromatic N) is 1. The summed E-state index contributed by atoms with van der Waals surface area (Å²) in [5.41, 5.74) is 2.56. The minimum absolute atomic E-state index is 0.241. The second kappa shape index (κ2) is 7.11. The Kier molecular flexibility index (Phi) is 5.20. The number of aryl methyl sites for hydroxylation is 2. The molecule has 0 amide bonds. The fourth-order valence-electron chi connectivity index (χ4n) is 2.46. The molecule has 2 aromatic rings. The largest absolute Gasteiger partial charge is 0.481 e. The van der Waals surface area contributed by atoms with Crippen LogP contribution in [0.5, 0.6) is 0 Å². The maximum Gasteiger partial charge on any atom is 0.419 e. The van der Waals surface area contributed by atoms with Crippen LogP contribution in [0.1, 0.15) is 44.1 Å².